The molecule has 2 heterocycles. The van der Waals surface area contributed by atoms with E-state index in [0.29, 0.717) is 10.2 Å². The fraction of sp³-hybridized carbons (Fsp3) is 0. The lowest BCUT2D eigenvalue weighted by Gasteiger charge is -2.04. The Kier molecular flexibility index (Phi) is 2.93. The molecule has 2 aromatic heterocycles. The normalized spacial score (nSPS) is 10.7. The van der Waals surface area contributed by atoms with Crippen LogP contribution in [-0.4, -0.2) is 5.91 Å². The molecular formula is C13H8BrNO2S. The third kappa shape index (κ3) is 2.07. The molecule has 0 spiro atoms. The fourth-order valence-electron chi connectivity index (χ4n) is 1.70. The maximum atomic E-state index is 12.0. The lowest BCUT2D eigenvalue weighted by molar-refractivity contribution is 0.102. The molecule has 0 saturated carbocycles. The van der Waals surface area contributed by atoms with Crippen LogP contribution >= 0.6 is 27.3 Å². The average molecular weight is 322 g/mol. The van der Waals surface area contributed by atoms with Crippen LogP contribution in [0.15, 0.2) is 51.1 Å². The quantitative estimate of drug-likeness (QED) is 0.754. The lowest BCUT2D eigenvalue weighted by atomic mass is 10.2. The average Bonchev–Trinajstić information content (AvgIpc) is 2.96. The van der Waals surface area contributed by atoms with E-state index in [0.717, 1.165) is 11.1 Å². The molecule has 0 bridgehead atoms. The highest BCUT2D eigenvalue weighted by atomic mass is 79.9. The molecule has 0 aliphatic heterocycles. The van der Waals surface area contributed by atoms with E-state index < -0.39 is 0 Å². The number of carbonyl (C=O) groups excluding carboxylic acids is 1. The number of furan rings is 1. The van der Waals surface area contributed by atoms with Crippen LogP contribution in [0.5, 0.6) is 0 Å². The van der Waals surface area contributed by atoms with Crippen molar-refractivity contribution in [2.75, 3.05) is 5.32 Å². The number of hydrogen-bond acceptors (Lipinski definition) is 3. The molecular weight excluding hydrogens is 314 g/mol. The van der Waals surface area contributed by atoms with Crippen molar-refractivity contribution in [2.24, 2.45) is 0 Å². The Morgan fingerprint density at radius 2 is 2.17 bits per heavy atom. The Hall–Kier alpha value is -1.59. The van der Waals surface area contributed by atoms with Crippen molar-refractivity contribution >= 4 is 48.9 Å². The highest BCUT2D eigenvalue weighted by Crippen LogP contribution is 2.25. The van der Waals surface area contributed by atoms with E-state index in [1.165, 1.54) is 11.0 Å². The number of benzene rings is 1. The summed E-state index contributed by atoms with van der Waals surface area (Å²) < 4.78 is 6.69. The molecule has 1 N–H and O–H groups in total. The summed E-state index contributed by atoms with van der Waals surface area (Å²) in [5.41, 5.74) is 1.26. The van der Waals surface area contributed by atoms with E-state index in [9.17, 15) is 4.79 Å². The highest BCUT2D eigenvalue weighted by Gasteiger charge is 2.12. The van der Waals surface area contributed by atoms with E-state index in [4.69, 9.17) is 4.42 Å². The largest absolute Gasteiger partial charge is 0.457 e. The SMILES string of the molecule is O=C(Nc1ccc2sccc2c1)c1ccoc1Br. The zero-order valence-corrected chi connectivity index (χ0v) is 11.5. The van der Waals surface area contributed by atoms with E-state index in [2.05, 4.69) is 21.2 Å². The minimum Gasteiger partial charge on any atom is -0.457 e. The number of halogens is 1. The van der Waals surface area contributed by atoms with Gasteiger partial charge in [0.2, 0.25) is 0 Å². The van der Waals surface area contributed by atoms with Crippen LogP contribution in [0.1, 0.15) is 10.4 Å². The molecule has 18 heavy (non-hydrogen) atoms. The summed E-state index contributed by atoms with van der Waals surface area (Å²) in [5, 5.41) is 6.00. The second kappa shape index (κ2) is 4.59. The number of carbonyl (C=O) groups is 1. The van der Waals surface area contributed by atoms with Crippen LogP contribution in [0.25, 0.3) is 10.1 Å². The molecule has 5 heteroatoms. The monoisotopic (exact) mass is 321 g/mol. The number of amides is 1. The first kappa shape index (κ1) is 11.5. The minimum atomic E-state index is -0.190. The first-order valence-corrected chi connectivity index (χ1v) is 6.93. The van der Waals surface area contributed by atoms with Gasteiger partial charge in [0.15, 0.2) is 4.67 Å². The van der Waals surface area contributed by atoms with Crippen molar-refractivity contribution in [1.29, 1.82) is 0 Å². The molecule has 0 radical (unpaired) electrons. The third-order valence-corrected chi connectivity index (χ3v) is 4.08. The van der Waals surface area contributed by atoms with Crippen molar-refractivity contribution in [3.8, 4) is 0 Å². The predicted octanol–water partition coefficient (Wildman–Crippen LogP) is 4.51. The second-order valence-corrected chi connectivity index (χ2v) is 5.40. The van der Waals surface area contributed by atoms with Crippen LogP contribution in [0.4, 0.5) is 5.69 Å². The van der Waals surface area contributed by atoms with Gasteiger partial charge in [0, 0.05) is 10.4 Å². The van der Waals surface area contributed by atoms with Crippen LogP contribution in [0.2, 0.25) is 0 Å². The predicted molar refractivity (Wildman–Crippen MR) is 76.2 cm³/mol. The minimum absolute atomic E-state index is 0.190. The number of nitrogens with one attached hydrogen (secondary N) is 1. The van der Waals surface area contributed by atoms with Gasteiger partial charge in [-0.2, -0.15) is 0 Å². The highest BCUT2D eigenvalue weighted by molar-refractivity contribution is 9.10. The van der Waals surface area contributed by atoms with Gasteiger partial charge in [0.1, 0.15) is 0 Å². The molecule has 3 aromatic rings. The fourth-order valence-corrected chi connectivity index (χ4v) is 2.89. The first-order chi connectivity index (χ1) is 8.74. The molecule has 0 fully saturated rings. The molecule has 0 aliphatic rings. The smallest absolute Gasteiger partial charge is 0.260 e. The van der Waals surface area contributed by atoms with Crippen LogP contribution in [0.3, 0.4) is 0 Å². The summed E-state index contributed by atoms with van der Waals surface area (Å²) in [4.78, 5) is 12.0. The Morgan fingerprint density at radius 3 is 2.94 bits per heavy atom. The molecule has 3 nitrogen and oxygen atoms in total. The van der Waals surface area contributed by atoms with E-state index >= 15 is 0 Å². The molecule has 1 amide bonds. The van der Waals surface area contributed by atoms with E-state index in [-0.39, 0.29) is 5.91 Å². The van der Waals surface area contributed by atoms with Crippen molar-refractivity contribution in [1.82, 2.24) is 0 Å². The zero-order valence-electron chi connectivity index (χ0n) is 9.14. The van der Waals surface area contributed by atoms with Gasteiger partial charge >= 0.3 is 0 Å². The Bertz CT molecular complexity index is 716. The summed E-state index contributed by atoms with van der Waals surface area (Å²) >= 11 is 4.87. The van der Waals surface area contributed by atoms with Gasteiger partial charge in [0.25, 0.3) is 5.91 Å². The standard InChI is InChI=1S/C13H8BrNO2S/c14-12-10(3-5-17-12)13(16)15-9-1-2-11-8(7-9)4-6-18-11/h1-7H,(H,15,16). The molecule has 0 aliphatic carbocycles. The summed E-state index contributed by atoms with van der Waals surface area (Å²) in [6.07, 6.45) is 1.47. The molecule has 90 valence electrons. The summed E-state index contributed by atoms with van der Waals surface area (Å²) in [7, 11) is 0. The Labute approximate surface area is 116 Å². The second-order valence-electron chi connectivity index (χ2n) is 3.74. The number of anilines is 1. The van der Waals surface area contributed by atoms with Crippen molar-refractivity contribution in [2.45, 2.75) is 0 Å². The van der Waals surface area contributed by atoms with Gasteiger partial charge in [-0.15, -0.1) is 11.3 Å². The number of hydrogen-bond donors (Lipinski definition) is 1. The topological polar surface area (TPSA) is 42.2 Å². The van der Waals surface area contributed by atoms with Crippen molar-refractivity contribution in [3.05, 3.63) is 52.2 Å². The maximum Gasteiger partial charge on any atom is 0.260 e. The van der Waals surface area contributed by atoms with Crippen molar-refractivity contribution < 1.29 is 9.21 Å². The zero-order chi connectivity index (χ0) is 12.5. The van der Waals surface area contributed by atoms with E-state index in [1.54, 1.807) is 17.4 Å². The maximum absolute atomic E-state index is 12.0. The number of rotatable bonds is 2. The Balaban J connectivity index is 1.88. The van der Waals surface area contributed by atoms with Gasteiger partial charge in [-0.3, -0.25) is 4.79 Å². The van der Waals surface area contributed by atoms with Gasteiger partial charge in [-0.05, 0) is 57.0 Å². The molecule has 1 aromatic carbocycles. The van der Waals surface area contributed by atoms with Gasteiger partial charge in [-0.1, -0.05) is 0 Å². The molecule has 0 atom stereocenters. The molecule has 0 saturated heterocycles. The number of thiophene rings is 1. The van der Waals surface area contributed by atoms with Crippen LogP contribution in [0, 0.1) is 0 Å². The van der Waals surface area contributed by atoms with Crippen molar-refractivity contribution in [3.63, 3.8) is 0 Å². The van der Waals surface area contributed by atoms with Gasteiger partial charge in [-0.25, -0.2) is 0 Å². The van der Waals surface area contributed by atoms with Crippen LogP contribution < -0.4 is 5.32 Å². The van der Waals surface area contributed by atoms with Gasteiger partial charge in [0.05, 0.1) is 11.8 Å². The van der Waals surface area contributed by atoms with Gasteiger partial charge < -0.3 is 9.73 Å². The number of fused-ring (bicyclic) bond motifs is 1. The molecule has 3 rings (SSSR count). The summed E-state index contributed by atoms with van der Waals surface area (Å²) in [6, 6.07) is 9.51. The molecule has 0 unspecified atom stereocenters. The van der Waals surface area contributed by atoms with Crippen LogP contribution in [-0.2, 0) is 0 Å². The van der Waals surface area contributed by atoms with E-state index in [1.807, 2.05) is 29.6 Å². The first-order valence-electron chi connectivity index (χ1n) is 5.25. The lowest BCUT2D eigenvalue weighted by Crippen LogP contribution is -2.11. The Morgan fingerprint density at radius 1 is 1.28 bits per heavy atom. The third-order valence-electron chi connectivity index (χ3n) is 2.57. The summed E-state index contributed by atoms with van der Waals surface area (Å²) in [5.74, 6) is -0.190. The summed E-state index contributed by atoms with van der Waals surface area (Å²) in [6.45, 7) is 0.